The minimum absolute atomic E-state index is 0.0970. The zero-order chi connectivity index (χ0) is 19.9. The number of nitrogens with zero attached hydrogens (tertiary/aromatic N) is 1. The summed E-state index contributed by atoms with van der Waals surface area (Å²) in [6, 6.07) is 14.7. The molecule has 3 rings (SSSR count). The van der Waals surface area contributed by atoms with Crippen molar-refractivity contribution < 1.29 is 19.1 Å². The third-order valence-corrected chi connectivity index (χ3v) is 4.72. The van der Waals surface area contributed by atoms with E-state index in [9.17, 15) is 9.59 Å². The second-order valence-corrected chi connectivity index (χ2v) is 6.73. The molecule has 0 radical (unpaired) electrons. The van der Waals surface area contributed by atoms with E-state index in [2.05, 4.69) is 10.6 Å². The summed E-state index contributed by atoms with van der Waals surface area (Å²) in [5.41, 5.74) is 1.66. The molecule has 7 nitrogen and oxygen atoms in total. The standard InChI is InChI=1S/C21H25N3O4/c1-27-17-8-9-18(19(11-17)28-2)23-21(26)22-12-16-10-20(25)24(14-16)13-15-6-4-3-5-7-15/h3-9,11,16H,10,12-14H2,1-2H3,(H2,22,23,26). The molecule has 148 valence electrons. The normalized spacial score (nSPS) is 16.0. The first-order valence-electron chi connectivity index (χ1n) is 9.17. The molecule has 0 spiro atoms. The van der Waals surface area contributed by atoms with Crippen molar-refractivity contribution in [3.8, 4) is 11.5 Å². The van der Waals surface area contributed by atoms with Gasteiger partial charge in [0.2, 0.25) is 5.91 Å². The number of rotatable bonds is 7. The summed E-state index contributed by atoms with van der Waals surface area (Å²) in [5.74, 6) is 1.37. The molecule has 7 heteroatoms. The number of nitrogens with one attached hydrogen (secondary N) is 2. The molecule has 2 N–H and O–H groups in total. The number of methoxy groups -OCH3 is 2. The Labute approximate surface area is 164 Å². The minimum Gasteiger partial charge on any atom is -0.497 e. The van der Waals surface area contributed by atoms with E-state index in [1.165, 1.54) is 7.11 Å². The lowest BCUT2D eigenvalue weighted by Crippen LogP contribution is -2.34. The molecular weight excluding hydrogens is 358 g/mol. The molecule has 3 amide bonds. The van der Waals surface area contributed by atoms with Crippen molar-refractivity contribution in [1.82, 2.24) is 10.2 Å². The zero-order valence-corrected chi connectivity index (χ0v) is 16.1. The van der Waals surface area contributed by atoms with Crippen LogP contribution in [0.4, 0.5) is 10.5 Å². The Morgan fingerprint density at radius 1 is 1.14 bits per heavy atom. The van der Waals surface area contributed by atoms with Crippen molar-refractivity contribution in [2.24, 2.45) is 5.92 Å². The summed E-state index contributed by atoms with van der Waals surface area (Å²) >= 11 is 0. The molecule has 28 heavy (non-hydrogen) atoms. The van der Waals surface area contributed by atoms with Gasteiger partial charge in [-0.1, -0.05) is 30.3 Å². The van der Waals surface area contributed by atoms with Gasteiger partial charge < -0.3 is 25.0 Å². The van der Waals surface area contributed by atoms with E-state index in [1.54, 1.807) is 25.3 Å². The topological polar surface area (TPSA) is 79.9 Å². The smallest absolute Gasteiger partial charge is 0.319 e. The van der Waals surface area contributed by atoms with Gasteiger partial charge in [-0.3, -0.25) is 4.79 Å². The molecule has 1 aliphatic rings. The number of carbonyl (C=O) groups excluding carboxylic acids is 2. The van der Waals surface area contributed by atoms with E-state index in [0.717, 1.165) is 5.56 Å². The van der Waals surface area contributed by atoms with Crippen molar-refractivity contribution in [3.63, 3.8) is 0 Å². The predicted octanol–water partition coefficient (Wildman–Crippen LogP) is 2.87. The summed E-state index contributed by atoms with van der Waals surface area (Å²) < 4.78 is 10.4. The van der Waals surface area contributed by atoms with Gasteiger partial charge in [-0.25, -0.2) is 4.79 Å². The number of hydrogen-bond acceptors (Lipinski definition) is 4. The second-order valence-electron chi connectivity index (χ2n) is 6.73. The van der Waals surface area contributed by atoms with Crippen LogP contribution in [0.5, 0.6) is 11.5 Å². The number of amides is 3. The molecule has 2 aromatic carbocycles. The SMILES string of the molecule is COc1ccc(NC(=O)NCC2CC(=O)N(Cc3ccccc3)C2)c(OC)c1. The van der Waals surface area contributed by atoms with Crippen molar-refractivity contribution in [2.75, 3.05) is 32.6 Å². The highest BCUT2D eigenvalue weighted by molar-refractivity contribution is 5.91. The van der Waals surface area contributed by atoms with Crippen molar-refractivity contribution in [1.29, 1.82) is 0 Å². The third-order valence-electron chi connectivity index (χ3n) is 4.72. The average Bonchev–Trinajstić information content (AvgIpc) is 3.06. The number of carbonyl (C=O) groups is 2. The van der Waals surface area contributed by atoms with Gasteiger partial charge >= 0.3 is 6.03 Å². The van der Waals surface area contributed by atoms with Crippen LogP contribution >= 0.6 is 0 Å². The van der Waals surface area contributed by atoms with Crippen LogP contribution in [0, 0.1) is 5.92 Å². The molecule has 1 heterocycles. The third kappa shape index (κ3) is 4.94. The molecule has 1 unspecified atom stereocenters. The van der Waals surface area contributed by atoms with Crippen LogP contribution in [0.25, 0.3) is 0 Å². The van der Waals surface area contributed by atoms with E-state index in [1.807, 2.05) is 35.2 Å². The summed E-state index contributed by atoms with van der Waals surface area (Å²) in [6.45, 7) is 1.67. The molecule has 0 bridgehead atoms. The van der Waals surface area contributed by atoms with E-state index in [4.69, 9.17) is 9.47 Å². The van der Waals surface area contributed by atoms with Crippen molar-refractivity contribution >= 4 is 17.6 Å². The molecule has 0 aromatic heterocycles. The van der Waals surface area contributed by atoms with Crippen LogP contribution in [-0.4, -0.2) is 44.1 Å². The first kappa shape index (κ1) is 19.5. The minimum atomic E-state index is -0.336. The predicted molar refractivity (Wildman–Crippen MR) is 107 cm³/mol. The number of hydrogen-bond donors (Lipinski definition) is 2. The quantitative estimate of drug-likeness (QED) is 0.771. The van der Waals surface area contributed by atoms with Crippen LogP contribution < -0.4 is 20.1 Å². The molecule has 2 aromatic rings. The largest absolute Gasteiger partial charge is 0.497 e. The maximum Gasteiger partial charge on any atom is 0.319 e. The van der Waals surface area contributed by atoms with E-state index in [-0.39, 0.29) is 17.9 Å². The highest BCUT2D eigenvalue weighted by atomic mass is 16.5. The highest BCUT2D eigenvalue weighted by Gasteiger charge is 2.29. The Hall–Kier alpha value is -3.22. The number of ether oxygens (including phenoxy) is 2. The van der Waals surface area contributed by atoms with Gasteiger partial charge in [0, 0.05) is 38.0 Å². The molecule has 1 atom stereocenters. The van der Waals surface area contributed by atoms with Gasteiger partial charge in [-0.05, 0) is 17.7 Å². The second kappa shape index (κ2) is 9.12. The van der Waals surface area contributed by atoms with Gasteiger partial charge in [0.05, 0.1) is 19.9 Å². The monoisotopic (exact) mass is 383 g/mol. The number of urea groups is 1. The van der Waals surface area contributed by atoms with Crippen LogP contribution in [0.1, 0.15) is 12.0 Å². The van der Waals surface area contributed by atoms with E-state index in [0.29, 0.717) is 43.2 Å². The van der Waals surface area contributed by atoms with Crippen LogP contribution in [0.15, 0.2) is 48.5 Å². The number of likely N-dealkylation sites (tertiary alicyclic amines) is 1. The van der Waals surface area contributed by atoms with Crippen molar-refractivity contribution in [2.45, 2.75) is 13.0 Å². The average molecular weight is 383 g/mol. The number of anilines is 1. The summed E-state index contributed by atoms with van der Waals surface area (Å²) in [6.07, 6.45) is 0.443. The van der Waals surface area contributed by atoms with Gasteiger partial charge in [0.25, 0.3) is 0 Å². The Morgan fingerprint density at radius 3 is 2.64 bits per heavy atom. The van der Waals surface area contributed by atoms with Gasteiger partial charge in [-0.15, -0.1) is 0 Å². The Balaban J connectivity index is 1.49. The van der Waals surface area contributed by atoms with E-state index < -0.39 is 0 Å². The van der Waals surface area contributed by atoms with Gasteiger partial charge in [0.15, 0.2) is 0 Å². The molecular formula is C21H25N3O4. The molecule has 0 aliphatic carbocycles. The zero-order valence-electron chi connectivity index (χ0n) is 16.1. The maximum absolute atomic E-state index is 12.2. The van der Waals surface area contributed by atoms with Gasteiger partial charge in [-0.2, -0.15) is 0 Å². The summed E-state index contributed by atoms with van der Waals surface area (Å²) in [7, 11) is 3.10. The fourth-order valence-corrected chi connectivity index (χ4v) is 3.25. The lowest BCUT2D eigenvalue weighted by atomic mass is 10.1. The van der Waals surface area contributed by atoms with Crippen LogP contribution in [0.3, 0.4) is 0 Å². The maximum atomic E-state index is 12.2. The summed E-state index contributed by atoms with van der Waals surface area (Å²) in [5, 5.41) is 5.61. The molecule has 1 fully saturated rings. The van der Waals surface area contributed by atoms with E-state index >= 15 is 0 Å². The molecule has 0 saturated carbocycles. The Morgan fingerprint density at radius 2 is 1.93 bits per heavy atom. The fourth-order valence-electron chi connectivity index (χ4n) is 3.25. The first-order chi connectivity index (χ1) is 13.6. The Bertz CT molecular complexity index is 826. The lowest BCUT2D eigenvalue weighted by Gasteiger charge is -2.17. The lowest BCUT2D eigenvalue weighted by molar-refractivity contribution is -0.128. The summed E-state index contributed by atoms with van der Waals surface area (Å²) in [4.78, 5) is 26.3. The molecule has 1 aliphatic heterocycles. The number of benzene rings is 2. The molecule has 1 saturated heterocycles. The fraction of sp³-hybridized carbons (Fsp3) is 0.333. The van der Waals surface area contributed by atoms with Gasteiger partial charge in [0.1, 0.15) is 11.5 Å². The van der Waals surface area contributed by atoms with Crippen LogP contribution in [-0.2, 0) is 11.3 Å². The highest BCUT2D eigenvalue weighted by Crippen LogP contribution is 2.29. The van der Waals surface area contributed by atoms with Crippen LogP contribution in [0.2, 0.25) is 0 Å². The first-order valence-corrected chi connectivity index (χ1v) is 9.17. The Kier molecular flexibility index (Phi) is 6.37. The van der Waals surface area contributed by atoms with Crippen molar-refractivity contribution in [3.05, 3.63) is 54.1 Å².